The number of ether oxygens (including phenoxy) is 2. The fraction of sp³-hybridized carbons (Fsp3) is 0.644. The Morgan fingerprint density at radius 2 is 1.40 bits per heavy atom. The van der Waals surface area contributed by atoms with Crippen LogP contribution in [0.1, 0.15) is 164 Å². The summed E-state index contributed by atoms with van der Waals surface area (Å²) in [6.07, 6.45) is 11.3. The second kappa shape index (κ2) is 14.8. The van der Waals surface area contributed by atoms with Crippen molar-refractivity contribution in [1.82, 2.24) is 0 Å². The van der Waals surface area contributed by atoms with E-state index in [1.807, 2.05) is 0 Å². The zero-order valence-corrected chi connectivity index (χ0v) is 32.8. The highest BCUT2D eigenvalue weighted by Crippen LogP contribution is 2.69. The van der Waals surface area contributed by atoms with Crippen LogP contribution in [0.2, 0.25) is 0 Å². The van der Waals surface area contributed by atoms with E-state index in [4.69, 9.17) is 24.1 Å². The summed E-state index contributed by atoms with van der Waals surface area (Å²) in [5.74, 6) is 1.23. The average Bonchev–Trinajstić information content (AvgIpc) is 3.76. The topological polar surface area (TPSA) is 135 Å². The highest BCUT2D eigenvalue weighted by atomic mass is 17.2. The number of rotatable bonds is 12. The number of benzene rings is 2. The average molecular weight is 757 g/mol. The Bertz CT molecular complexity index is 1850. The van der Waals surface area contributed by atoms with Crippen molar-refractivity contribution >= 4 is 23.9 Å². The Morgan fingerprint density at radius 3 is 2.11 bits per heavy atom. The van der Waals surface area contributed by atoms with Crippen molar-refractivity contribution in [3.8, 4) is 0 Å². The van der Waals surface area contributed by atoms with Crippen molar-refractivity contribution in [3.05, 3.63) is 69.8 Å². The van der Waals surface area contributed by atoms with E-state index in [0.29, 0.717) is 40.2 Å². The van der Waals surface area contributed by atoms with Crippen LogP contribution in [0.15, 0.2) is 36.4 Å². The van der Waals surface area contributed by atoms with Crippen LogP contribution in [-0.4, -0.2) is 35.2 Å². The van der Waals surface area contributed by atoms with Crippen LogP contribution >= 0.6 is 0 Å². The molecule has 6 aliphatic rings. The van der Waals surface area contributed by atoms with Gasteiger partial charge < -0.3 is 9.47 Å². The fourth-order valence-electron chi connectivity index (χ4n) is 12.8. The number of cyclic esters (lactones) is 4. The molecular formula is C45H56O10. The van der Waals surface area contributed by atoms with Gasteiger partial charge in [0, 0.05) is 0 Å². The van der Waals surface area contributed by atoms with Crippen LogP contribution in [0.5, 0.6) is 0 Å². The highest BCUT2D eigenvalue weighted by molar-refractivity contribution is 6.15. The van der Waals surface area contributed by atoms with Gasteiger partial charge in [-0.25, -0.2) is 33.8 Å². The molecule has 0 radical (unpaired) electrons. The van der Waals surface area contributed by atoms with Gasteiger partial charge in [0.1, 0.15) is 12.7 Å². The van der Waals surface area contributed by atoms with Gasteiger partial charge in [-0.1, -0.05) is 66.0 Å². The number of fused-ring (bicyclic) bond motifs is 7. The van der Waals surface area contributed by atoms with Gasteiger partial charge in [-0.2, -0.15) is 0 Å². The van der Waals surface area contributed by atoms with E-state index >= 15 is 0 Å². The van der Waals surface area contributed by atoms with Gasteiger partial charge in [0.2, 0.25) is 0 Å². The Kier molecular flexibility index (Phi) is 10.4. The molecule has 296 valence electrons. The van der Waals surface area contributed by atoms with Gasteiger partial charge in [0.05, 0.1) is 28.4 Å². The first-order chi connectivity index (χ1) is 26.3. The van der Waals surface area contributed by atoms with E-state index in [1.165, 1.54) is 44.9 Å². The molecule has 8 rings (SSSR count). The largest absolute Gasteiger partial charge is 0.386 e. The maximum absolute atomic E-state index is 12.4. The molecule has 10 heteroatoms. The summed E-state index contributed by atoms with van der Waals surface area (Å²) in [5, 5.41) is 10.4. The van der Waals surface area contributed by atoms with Gasteiger partial charge >= 0.3 is 23.9 Å². The molecule has 10 nitrogen and oxygen atoms in total. The van der Waals surface area contributed by atoms with Crippen LogP contribution in [0.25, 0.3) is 0 Å². The van der Waals surface area contributed by atoms with Gasteiger partial charge in [-0.3, -0.25) is 5.26 Å². The van der Waals surface area contributed by atoms with E-state index in [0.717, 1.165) is 37.5 Å². The molecule has 4 saturated carbocycles. The van der Waals surface area contributed by atoms with Crippen LogP contribution < -0.4 is 0 Å². The second-order valence-corrected chi connectivity index (χ2v) is 18.8. The molecule has 0 bridgehead atoms. The van der Waals surface area contributed by atoms with Crippen molar-refractivity contribution < 1.29 is 48.6 Å². The minimum Gasteiger partial charge on any atom is -0.386 e. The first kappa shape index (κ1) is 38.4. The van der Waals surface area contributed by atoms with Crippen molar-refractivity contribution in [2.24, 2.45) is 58.2 Å². The SMILES string of the molecule is CC(C)CCCC(C)C1CCC2C3CC(OOCc4ccc5c(c4)C(=O)OC5=O)C4CC(C(OO)c5ccc6c(c5)C(=O)OC6=O)CCC4(C)C3CCC12C. The molecule has 11 atom stereocenters. The van der Waals surface area contributed by atoms with E-state index in [-0.39, 0.29) is 52.2 Å². The first-order valence-electron chi connectivity index (χ1n) is 20.7. The fourth-order valence-corrected chi connectivity index (χ4v) is 12.8. The molecule has 2 aromatic carbocycles. The zero-order chi connectivity index (χ0) is 38.8. The Labute approximate surface area is 323 Å². The molecule has 55 heavy (non-hydrogen) atoms. The summed E-state index contributed by atoms with van der Waals surface area (Å²) in [5.41, 5.74) is 2.53. The predicted octanol–water partition coefficient (Wildman–Crippen LogP) is 9.70. The number of carbonyl (C=O) groups is 4. The van der Waals surface area contributed by atoms with E-state index in [1.54, 1.807) is 36.4 Å². The Morgan fingerprint density at radius 1 is 0.745 bits per heavy atom. The van der Waals surface area contributed by atoms with Crippen molar-refractivity contribution in [2.75, 3.05) is 0 Å². The van der Waals surface area contributed by atoms with Crippen molar-refractivity contribution in [2.45, 2.75) is 124 Å². The number of hydrogen-bond donors (Lipinski definition) is 1. The zero-order valence-electron chi connectivity index (χ0n) is 32.8. The minimum absolute atomic E-state index is 0.0262. The molecule has 2 heterocycles. The standard InChI is InChI=1S/C45H56O10/c1-24(2)7-6-8-25(3)34-13-14-35-33-22-38(55-51-23-26-9-11-29-31(19-26)42(48)52-40(29)46)37-21-28(15-17-45(37,5)36(33)16-18-44(34,35)4)39(54-50)27-10-12-30-32(20-27)43(49)53-41(30)47/h9-12,19-20,24-25,28,33-39,50H,6-8,13-18,21-23H2,1-5H3. The van der Waals surface area contributed by atoms with Crippen LogP contribution in [-0.2, 0) is 30.7 Å². The monoisotopic (exact) mass is 756 g/mol. The summed E-state index contributed by atoms with van der Waals surface area (Å²) in [6, 6.07) is 9.94. The molecule has 2 aromatic rings. The lowest BCUT2D eigenvalue weighted by Crippen LogP contribution is -2.58. The molecular weight excluding hydrogens is 700 g/mol. The van der Waals surface area contributed by atoms with Gasteiger partial charge in [-0.15, -0.1) is 0 Å². The minimum atomic E-state index is -0.700. The lowest BCUT2D eigenvalue weighted by atomic mass is 9.43. The third-order valence-corrected chi connectivity index (χ3v) is 15.6. The van der Waals surface area contributed by atoms with Crippen molar-refractivity contribution in [3.63, 3.8) is 0 Å². The molecule has 2 aliphatic heterocycles. The first-order valence-corrected chi connectivity index (χ1v) is 20.7. The van der Waals surface area contributed by atoms with E-state index < -0.39 is 30.0 Å². The van der Waals surface area contributed by atoms with Gasteiger partial charge in [0.15, 0.2) is 0 Å². The molecule has 0 amide bonds. The quantitative estimate of drug-likeness (QED) is 0.0965. The highest BCUT2D eigenvalue weighted by Gasteiger charge is 2.63. The third kappa shape index (κ3) is 6.68. The second-order valence-electron chi connectivity index (χ2n) is 18.8. The third-order valence-electron chi connectivity index (χ3n) is 15.6. The Balaban J connectivity index is 1.05. The van der Waals surface area contributed by atoms with Gasteiger partial charge in [0.25, 0.3) is 0 Å². The summed E-state index contributed by atoms with van der Waals surface area (Å²) in [7, 11) is 0. The number of hydrogen-bond acceptors (Lipinski definition) is 10. The maximum atomic E-state index is 12.4. The smallest absolute Gasteiger partial charge is 0.346 e. The normalized spacial score (nSPS) is 34.7. The molecule has 1 N–H and O–H groups in total. The molecule has 0 aromatic heterocycles. The summed E-state index contributed by atoms with van der Waals surface area (Å²) in [6.45, 7) is 12.3. The summed E-state index contributed by atoms with van der Waals surface area (Å²) in [4.78, 5) is 66.7. The lowest BCUT2D eigenvalue weighted by Gasteiger charge is -2.63. The van der Waals surface area contributed by atoms with Crippen LogP contribution in [0.4, 0.5) is 0 Å². The molecule has 4 aliphatic carbocycles. The summed E-state index contributed by atoms with van der Waals surface area (Å²) < 4.78 is 9.61. The summed E-state index contributed by atoms with van der Waals surface area (Å²) >= 11 is 0. The van der Waals surface area contributed by atoms with E-state index in [9.17, 15) is 24.4 Å². The molecule has 0 spiro atoms. The predicted molar refractivity (Wildman–Crippen MR) is 200 cm³/mol. The Hall–Kier alpha value is -3.44. The molecule has 11 unspecified atom stereocenters. The van der Waals surface area contributed by atoms with Gasteiger partial charge in [-0.05, 0) is 145 Å². The number of esters is 4. The van der Waals surface area contributed by atoms with E-state index in [2.05, 4.69) is 34.6 Å². The van der Waals surface area contributed by atoms with Crippen molar-refractivity contribution in [1.29, 1.82) is 0 Å². The lowest BCUT2D eigenvalue weighted by molar-refractivity contribution is -0.368. The number of carbonyl (C=O) groups excluding carboxylic acids is 4. The molecule has 0 saturated heterocycles. The van der Waals surface area contributed by atoms with Crippen LogP contribution in [0, 0.1) is 58.2 Å². The maximum Gasteiger partial charge on any atom is 0.346 e. The van der Waals surface area contributed by atoms with Crippen LogP contribution in [0.3, 0.4) is 0 Å². The molecule has 4 fully saturated rings.